The van der Waals surface area contributed by atoms with Crippen LogP contribution in [0.3, 0.4) is 0 Å². The second-order valence-corrected chi connectivity index (χ2v) is 6.13. The first-order valence-corrected chi connectivity index (χ1v) is 8.14. The number of halogens is 1. The van der Waals surface area contributed by atoms with Crippen molar-refractivity contribution in [3.63, 3.8) is 0 Å². The summed E-state index contributed by atoms with van der Waals surface area (Å²) < 4.78 is 5.38. The third-order valence-corrected chi connectivity index (χ3v) is 4.03. The summed E-state index contributed by atoms with van der Waals surface area (Å²) >= 11 is 6.11. The molecule has 0 bridgehead atoms. The summed E-state index contributed by atoms with van der Waals surface area (Å²) in [5.41, 5.74) is 2.43. The molecule has 128 valence electrons. The summed E-state index contributed by atoms with van der Waals surface area (Å²) in [5.74, 6) is -0.674. The van der Waals surface area contributed by atoms with E-state index in [1.165, 1.54) is 6.08 Å². The second-order valence-electron chi connectivity index (χ2n) is 5.72. The molecular formula is C20H19ClN2O2. The molecule has 25 heavy (non-hydrogen) atoms. The molecule has 0 saturated heterocycles. The summed E-state index contributed by atoms with van der Waals surface area (Å²) in [6, 6.07) is 16.6. The van der Waals surface area contributed by atoms with Crippen molar-refractivity contribution >= 4 is 29.3 Å². The Labute approximate surface area is 152 Å². The Morgan fingerprint density at radius 2 is 1.84 bits per heavy atom. The van der Waals surface area contributed by atoms with Gasteiger partial charge in [-0.25, -0.2) is 4.79 Å². The van der Waals surface area contributed by atoms with Crippen LogP contribution in [0, 0.1) is 11.3 Å². The highest BCUT2D eigenvalue weighted by Gasteiger charge is 2.17. The van der Waals surface area contributed by atoms with Crippen LogP contribution in [0.2, 0.25) is 5.02 Å². The number of carbonyl (C=O) groups excluding carboxylic acids is 1. The Morgan fingerprint density at radius 1 is 1.20 bits per heavy atom. The lowest BCUT2D eigenvalue weighted by Crippen LogP contribution is -2.11. The van der Waals surface area contributed by atoms with E-state index in [0.717, 1.165) is 11.3 Å². The van der Waals surface area contributed by atoms with Crippen LogP contribution in [-0.2, 0) is 9.53 Å². The van der Waals surface area contributed by atoms with Gasteiger partial charge in [0.15, 0.2) is 0 Å². The maximum Gasteiger partial charge on any atom is 0.349 e. The number of esters is 1. The van der Waals surface area contributed by atoms with Crippen LogP contribution in [0.4, 0.5) is 5.69 Å². The van der Waals surface area contributed by atoms with E-state index in [-0.39, 0.29) is 5.57 Å². The molecule has 0 fully saturated rings. The summed E-state index contributed by atoms with van der Waals surface area (Å²) in [4.78, 5) is 14.3. The lowest BCUT2D eigenvalue weighted by Gasteiger charge is -2.14. The molecule has 2 rings (SSSR count). The van der Waals surface area contributed by atoms with Crippen LogP contribution < -0.4 is 4.90 Å². The van der Waals surface area contributed by atoms with Gasteiger partial charge in [0.05, 0.1) is 0 Å². The fourth-order valence-electron chi connectivity index (χ4n) is 2.26. The number of hydrogen-bond acceptors (Lipinski definition) is 4. The van der Waals surface area contributed by atoms with Gasteiger partial charge in [0.2, 0.25) is 0 Å². The molecule has 0 radical (unpaired) electrons. The van der Waals surface area contributed by atoms with E-state index in [1.54, 1.807) is 25.1 Å². The molecule has 2 aromatic rings. The minimum Gasteiger partial charge on any atom is -0.454 e. The van der Waals surface area contributed by atoms with Gasteiger partial charge in [0.1, 0.15) is 17.7 Å². The van der Waals surface area contributed by atoms with E-state index in [0.29, 0.717) is 10.6 Å². The molecule has 0 unspecified atom stereocenters. The molecule has 5 heteroatoms. The third-order valence-electron chi connectivity index (χ3n) is 3.69. The van der Waals surface area contributed by atoms with Gasteiger partial charge in [-0.1, -0.05) is 41.9 Å². The molecule has 2 aromatic carbocycles. The van der Waals surface area contributed by atoms with E-state index in [4.69, 9.17) is 16.3 Å². The number of rotatable bonds is 5. The smallest absolute Gasteiger partial charge is 0.349 e. The van der Waals surface area contributed by atoms with Crippen LogP contribution >= 0.6 is 11.6 Å². The van der Waals surface area contributed by atoms with Gasteiger partial charge in [0.25, 0.3) is 0 Å². The molecule has 0 amide bonds. The fraction of sp³-hybridized carbons (Fsp3) is 0.200. The summed E-state index contributed by atoms with van der Waals surface area (Å²) in [5, 5.41) is 9.80. The Morgan fingerprint density at radius 3 is 2.40 bits per heavy atom. The van der Waals surface area contributed by atoms with Gasteiger partial charge >= 0.3 is 5.97 Å². The van der Waals surface area contributed by atoms with Crippen molar-refractivity contribution in [2.45, 2.75) is 13.0 Å². The number of benzene rings is 2. The average Bonchev–Trinajstić information content (AvgIpc) is 2.60. The summed E-state index contributed by atoms with van der Waals surface area (Å²) in [6.45, 7) is 1.72. The predicted octanol–water partition coefficient (Wildman–Crippen LogP) is 4.62. The highest BCUT2D eigenvalue weighted by molar-refractivity contribution is 6.31. The van der Waals surface area contributed by atoms with Crippen molar-refractivity contribution in [3.05, 3.63) is 70.3 Å². The first kappa shape index (κ1) is 18.6. The quantitative estimate of drug-likeness (QED) is 0.446. The van der Waals surface area contributed by atoms with Crippen LogP contribution in [-0.4, -0.2) is 20.1 Å². The maximum atomic E-state index is 12.3. The zero-order valence-electron chi connectivity index (χ0n) is 14.4. The van der Waals surface area contributed by atoms with Gasteiger partial charge in [-0.05, 0) is 36.8 Å². The van der Waals surface area contributed by atoms with Gasteiger partial charge in [-0.3, -0.25) is 0 Å². The van der Waals surface area contributed by atoms with Crippen LogP contribution in [0.25, 0.3) is 6.08 Å². The molecule has 0 aliphatic rings. The van der Waals surface area contributed by atoms with Gasteiger partial charge in [-0.15, -0.1) is 0 Å². The van der Waals surface area contributed by atoms with Gasteiger partial charge in [-0.2, -0.15) is 5.26 Å². The first-order chi connectivity index (χ1) is 11.9. The topological polar surface area (TPSA) is 53.3 Å². The molecule has 0 heterocycles. The standard InChI is InChI=1S/C20H19ClN2O2/c1-14(18-6-4-5-7-19(18)21)25-20(24)16(13-22)12-15-8-10-17(11-9-15)23(2)3/h4-12,14H,1-3H3/b16-12+/t14-/m1/s1. The molecule has 0 aliphatic heterocycles. The zero-order chi connectivity index (χ0) is 18.4. The molecule has 4 nitrogen and oxygen atoms in total. The van der Waals surface area contributed by atoms with Crippen molar-refractivity contribution in [1.82, 2.24) is 0 Å². The summed E-state index contributed by atoms with van der Waals surface area (Å²) in [7, 11) is 3.89. The third kappa shape index (κ3) is 4.85. The molecule has 0 aromatic heterocycles. The van der Waals surface area contributed by atoms with E-state index in [1.807, 2.05) is 55.4 Å². The fourth-order valence-corrected chi connectivity index (χ4v) is 2.55. The minimum absolute atomic E-state index is 0.0588. The largest absolute Gasteiger partial charge is 0.454 e. The highest BCUT2D eigenvalue weighted by Crippen LogP contribution is 2.26. The number of carbonyl (C=O) groups is 1. The van der Waals surface area contributed by atoms with Gasteiger partial charge in [0, 0.05) is 30.4 Å². The number of nitrogens with zero attached hydrogens (tertiary/aromatic N) is 2. The van der Waals surface area contributed by atoms with Crippen LogP contribution in [0.15, 0.2) is 54.1 Å². The lowest BCUT2D eigenvalue weighted by molar-refractivity contribution is -0.143. The Balaban J connectivity index is 2.15. The van der Waals surface area contributed by atoms with E-state index in [2.05, 4.69) is 0 Å². The Hall–Kier alpha value is -2.77. The Bertz CT molecular complexity index is 820. The SMILES string of the molecule is C[C@@H](OC(=O)/C(C#N)=C/c1ccc(N(C)C)cc1)c1ccccc1Cl. The molecule has 0 saturated carbocycles. The van der Waals surface area contributed by atoms with Crippen LogP contribution in [0.5, 0.6) is 0 Å². The van der Waals surface area contributed by atoms with Crippen molar-refractivity contribution in [3.8, 4) is 6.07 Å². The maximum absolute atomic E-state index is 12.3. The minimum atomic E-state index is -0.674. The lowest BCUT2D eigenvalue weighted by atomic mass is 10.1. The molecule has 0 spiro atoms. The molecular weight excluding hydrogens is 336 g/mol. The predicted molar refractivity (Wildman–Crippen MR) is 100 cm³/mol. The van der Waals surface area contributed by atoms with E-state index < -0.39 is 12.1 Å². The van der Waals surface area contributed by atoms with Crippen molar-refractivity contribution in [2.24, 2.45) is 0 Å². The molecule has 1 atom stereocenters. The van der Waals surface area contributed by atoms with Crippen molar-refractivity contribution < 1.29 is 9.53 Å². The number of hydrogen-bond donors (Lipinski definition) is 0. The first-order valence-electron chi connectivity index (χ1n) is 7.77. The van der Waals surface area contributed by atoms with Crippen molar-refractivity contribution in [2.75, 3.05) is 19.0 Å². The zero-order valence-corrected chi connectivity index (χ0v) is 15.1. The Kier molecular flexibility index (Phi) is 6.21. The van der Waals surface area contributed by atoms with Crippen molar-refractivity contribution in [1.29, 1.82) is 5.26 Å². The van der Waals surface area contributed by atoms with E-state index >= 15 is 0 Å². The number of nitriles is 1. The van der Waals surface area contributed by atoms with Crippen LogP contribution in [0.1, 0.15) is 24.2 Å². The highest BCUT2D eigenvalue weighted by atomic mass is 35.5. The second kappa shape index (κ2) is 8.36. The monoisotopic (exact) mass is 354 g/mol. The average molecular weight is 355 g/mol. The molecule has 0 N–H and O–H groups in total. The van der Waals surface area contributed by atoms with E-state index in [9.17, 15) is 10.1 Å². The number of ether oxygens (including phenoxy) is 1. The number of anilines is 1. The molecule has 0 aliphatic carbocycles. The normalized spacial score (nSPS) is 12.2. The van der Waals surface area contributed by atoms with Gasteiger partial charge < -0.3 is 9.64 Å². The summed E-state index contributed by atoms with van der Waals surface area (Å²) in [6.07, 6.45) is 0.968.